The van der Waals surface area contributed by atoms with E-state index < -0.39 is 0 Å². The molecule has 2 fully saturated rings. The number of amides is 2. The number of benzene rings is 2. The Morgan fingerprint density at radius 3 is 2.59 bits per heavy atom. The number of ether oxygens (including phenoxy) is 2. The van der Waals surface area contributed by atoms with Gasteiger partial charge in [0.2, 0.25) is 17.6 Å². The van der Waals surface area contributed by atoms with Crippen molar-refractivity contribution in [1.29, 1.82) is 0 Å². The molecule has 5 rings (SSSR count). The first-order valence-electron chi connectivity index (χ1n) is 13.5. The molecule has 2 aliphatic rings. The van der Waals surface area contributed by atoms with Gasteiger partial charge in [-0.05, 0) is 69.0 Å². The molecule has 1 unspecified atom stereocenters. The van der Waals surface area contributed by atoms with E-state index in [2.05, 4.69) is 20.4 Å². The fourth-order valence-corrected chi connectivity index (χ4v) is 5.30. The van der Waals surface area contributed by atoms with Crippen LogP contribution in [0.3, 0.4) is 0 Å². The van der Waals surface area contributed by atoms with E-state index in [4.69, 9.17) is 14.0 Å². The number of likely N-dealkylation sites (tertiary alicyclic amines) is 2. The Morgan fingerprint density at radius 1 is 1.00 bits per heavy atom. The van der Waals surface area contributed by atoms with Crippen LogP contribution in [0.5, 0.6) is 11.5 Å². The van der Waals surface area contributed by atoms with E-state index in [0.29, 0.717) is 47.6 Å². The average Bonchev–Trinajstić information content (AvgIpc) is 3.45. The number of rotatable bonds is 8. The second-order valence-electron chi connectivity index (χ2n) is 10.0. The van der Waals surface area contributed by atoms with Crippen LogP contribution >= 0.6 is 0 Å². The smallest absolute Gasteiger partial charge is 0.255 e. The van der Waals surface area contributed by atoms with Gasteiger partial charge in [-0.1, -0.05) is 17.3 Å². The fraction of sp³-hybridized carbons (Fsp3) is 0.448. The number of piperidine rings is 2. The molecular formula is C29H35N5O5. The maximum absolute atomic E-state index is 13.3. The number of para-hydroxylation sites is 1. The van der Waals surface area contributed by atoms with Gasteiger partial charge in [0.1, 0.15) is 0 Å². The summed E-state index contributed by atoms with van der Waals surface area (Å²) in [6.07, 6.45) is 4.86. The third kappa shape index (κ3) is 6.22. The van der Waals surface area contributed by atoms with Crippen molar-refractivity contribution in [2.24, 2.45) is 5.92 Å². The van der Waals surface area contributed by atoms with E-state index in [1.165, 1.54) is 0 Å². The highest BCUT2D eigenvalue weighted by atomic mass is 16.5. The van der Waals surface area contributed by atoms with Crippen molar-refractivity contribution in [2.75, 3.05) is 45.7 Å². The van der Waals surface area contributed by atoms with Gasteiger partial charge in [0.15, 0.2) is 11.5 Å². The topological polar surface area (TPSA) is 110 Å². The normalized spacial score (nSPS) is 18.0. The van der Waals surface area contributed by atoms with Crippen molar-refractivity contribution in [2.45, 2.75) is 38.6 Å². The molecular weight excluding hydrogens is 498 g/mol. The quantitative estimate of drug-likeness (QED) is 0.458. The number of nitrogens with one attached hydrogen (secondary N) is 1. The van der Waals surface area contributed by atoms with Gasteiger partial charge >= 0.3 is 0 Å². The van der Waals surface area contributed by atoms with Gasteiger partial charge in [-0.15, -0.1) is 0 Å². The van der Waals surface area contributed by atoms with E-state index in [1.54, 1.807) is 26.4 Å². The number of carbonyl (C=O) groups excluding carboxylic acids is 2. The van der Waals surface area contributed by atoms with Crippen LogP contribution in [-0.4, -0.2) is 72.2 Å². The molecule has 206 valence electrons. The molecule has 2 aliphatic heterocycles. The summed E-state index contributed by atoms with van der Waals surface area (Å²) in [5.74, 6) is 1.87. The summed E-state index contributed by atoms with van der Waals surface area (Å²) >= 11 is 0. The van der Waals surface area contributed by atoms with Crippen LogP contribution in [0, 0.1) is 5.92 Å². The Balaban J connectivity index is 1.21. The molecule has 39 heavy (non-hydrogen) atoms. The predicted molar refractivity (Wildman–Crippen MR) is 146 cm³/mol. The van der Waals surface area contributed by atoms with Crippen molar-refractivity contribution < 1.29 is 23.6 Å². The predicted octanol–water partition coefficient (Wildman–Crippen LogP) is 4.23. The highest BCUT2D eigenvalue weighted by Gasteiger charge is 2.28. The minimum absolute atomic E-state index is 0.0162. The molecule has 0 spiro atoms. The zero-order valence-corrected chi connectivity index (χ0v) is 22.5. The lowest BCUT2D eigenvalue weighted by Gasteiger charge is -2.31. The van der Waals surface area contributed by atoms with Gasteiger partial charge in [0, 0.05) is 25.2 Å². The lowest BCUT2D eigenvalue weighted by Crippen LogP contribution is -2.40. The standard InChI is InChI=1S/C29H35N5O5/c1-37-24-13-12-20(17-25(24)38-2)27-31-26(39-32-27)19-33-14-8-9-21(18-33)28(35)30-23-11-5-4-10-22(23)29(36)34-15-6-3-7-16-34/h4-5,10-13,17,21H,3,6-9,14-16,18-19H2,1-2H3,(H,30,35). The van der Waals surface area contributed by atoms with Crippen molar-refractivity contribution in [3.63, 3.8) is 0 Å². The van der Waals surface area contributed by atoms with Crippen molar-refractivity contribution >= 4 is 17.5 Å². The molecule has 0 aliphatic carbocycles. The van der Waals surface area contributed by atoms with Crippen LogP contribution in [0.4, 0.5) is 5.69 Å². The molecule has 0 radical (unpaired) electrons. The maximum Gasteiger partial charge on any atom is 0.255 e. The average molecular weight is 534 g/mol. The molecule has 2 saturated heterocycles. The number of aromatic nitrogens is 2. The van der Waals surface area contributed by atoms with Gasteiger partial charge in [0.05, 0.1) is 37.9 Å². The highest BCUT2D eigenvalue weighted by Crippen LogP contribution is 2.31. The van der Waals surface area contributed by atoms with E-state index in [0.717, 1.165) is 57.3 Å². The van der Waals surface area contributed by atoms with E-state index in [-0.39, 0.29) is 17.7 Å². The second-order valence-corrected chi connectivity index (χ2v) is 10.0. The van der Waals surface area contributed by atoms with Crippen LogP contribution in [0.2, 0.25) is 0 Å². The first-order chi connectivity index (χ1) is 19.1. The molecule has 10 heteroatoms. The minimum atomic E-state index is -0.204. The summed E-state index contributed by atoms with van der Waals surface area (Å²) in [5.41, 5.74) is 1.89. The second kappa shape index (κ2) is 12.3. The lowest BCUT2D eigenvalue weighted by atomic mass is 9.96. The van der Waals surface area contributed by atoms with E-state index in [1.807, 2.05) is 35.2 Å². The number of hydrogen-bond acceptors (Lipinski definition) is 8. The van der Waals surface area contributed by atoms with Gasteiger partial charge in [0.25, 0.3) is 5.91 Å². The number of carbonyl (C=O) groups is 2. The zero-order valence-electron chi connectivity index (χ0n) is 22.5. The number of methoxy groups -OCH3 is 2. The molecule has 3 aromatic rings. The third-order valence-electron chi connectivity index (χ3n) is 7.40. The summed E-state index contributed by atoms with van der Waals surface area (Å²) < 4.78 is 16.2. The number of nitrogens with zero attached hydrogens (tertiary/aromatic N) is 4. The van der Waals surface area contributed by atoms with Crippen LogP contribution in [0.1, 0.15) is 48.4 Å². The fourth-order valence-electron chi connectivity index (χ4n) is 5.30. The highest BCUT2D eigenvalue weighted by molar-refractivity contribution is 6.04. The Kier molecular flexibility index (Phi) is 8.41. The Bertz CT molecular complexity index is 1300. The molecule has 1 aromatic heterocycles. The van der Waals surface area contributed by atoms with Gasteiger partial charge in [-0.3, -0.25) is 14.5 Å². The Morgan fingerprint density at radius 2 is 1.79 bits per heavy atom. The summed E-state index contributed by atoms with van der Waals surface area (Å²) in [4.78, 5) is 35.0. The van der Waals surface area contributed by atoms with Gasteiger partial charge in [-0.2, -0.15) is 4.98 Å². The first-order valence-corrected chi connectivity index (χ1v) is 13.5. The van der Waals surface area contributed by atoms with Crippen LogP contribution < -0.4 is 14.8 Å². The summed E-state index contributed by atoms with van der Waals surface area (Å²) in [6.45, 7) is 3.39. The van der Waals surface area contributed by atoms with Crippen LogP contribution in [0.15, 0.2) is 47.0 Å². The van der Waals surface area contributed by atoms with Crippen LogP contribution in [0.25, 0.3) is 11.4 Å². The number of hydrogen-bond donors (Lipinski definition) is 1. The van der Waals surface area contributed by atoms with Gasteiger partial charge < -0.3 is 24.2 Å². The van der Waals surface area contributed by atoms with Crippen molar-refractivity contribution in [3.8, 4) is 22.9 Å². The van der Waals surface area contributed by atoms with Gasteiger partial charge in [-0.25, -0.2) is 0 Å². The summed E-state index contributed by atoms with van der Waals surface area (Å²) in [7, 11) is 3.17. The largest absolute Gasteiger partial charge is 0.493 e. The molecule has 3 heterocycles. The molecule has 10 nitrogen and oxygen atoms in total. The molecule has 0 saturated carbocycles. The molecule has 2 aromatic carbocycles. The van der Waals surface area contributed by atoms with Crippen molar-refractivity contribution in [1.82, 2.24) is 19.9 Å². The maximum atomic E-state index is 13.3. The molecule has 1 N–H and O–H groups in total. The van der Waals surface area contributed by atoms with Crippen LogP contribution in [-0.2, 0) is 11.3 Å². The first kappa shape index (κ1) is 26.7. The minimum Gasteiger partial charge on any atom is -0.493 e. The Hall–Kier alpha value is -3.92. The van der Waals surface area contributed by atoms with E-state index >= 15 is 0 Å². The molecule has 1 atom stereocenters. The lowest BCUT2D eigenvalue weighted by molar-refractivity contribution is -0.121. The zero-order chi connectivity index (χ0) is 27.2. The third-order valence-corrected chi connectivity index (χ3v) is 7.40. The van der Waals surface area contributed by atoms with E-state index in [9.17, 15) is 9.59 Å². The summed E-state index contributed by atoms with van der Waals surface area (Å²) in [6, 6.07) is 12.8. The molecule has 2 amide bonds. The van der Waals surface area contributed by atoms with Crippen molar-refractivity contribution in [3.05, 3.63) is 53.9 Å². The number of anilines is 1. The Labute approximate surface area is 228 Å². The molecule has 0 bridgehead atoms. The monoisotopic (exact) mass is 533 g/mol. The SMILES string of the molecule is COc1ccc(-c2noc(CN3CCCC(C(=O)Nc4ccccc4C(=O)N4CCCCC4)C3)n2)cc1OC. The summed E-state index contributed by atoms with van der Waals surface area (Å²) in [5, 5.41) is 7.18.